The maximum atomic E-state index is 14.2. The van der Waals surface area contributed by atoms with E-state index >= 15 is 0 Å². The van der Waals surface area contributed by atoms with Crippen molar-refractivity contribution in [2.24, 2.45) is 11.0 Å². The van der Waals surface area contributed by atoms with Gasteiger partial charge >= 0.3 is 6.03 Å². The molecule has 1 saturated carbocycles. The molecule has 35 heavy (non-hydrogen) atoms. The Morgan fingerprint density at radius 2 is 1.71 bits per heavy atom. The number of hydrazone groups is 1. The molecular weight excluding hydrogens is 463 g/mol. The van der Waals surface area contributed by atoms with E-state index < -0.39 is 23.5 Å². The van der Waals surface area contributed by atoms with Crippen molar-refractivity contribution >= 4 is 29.9 Å². The summed E-state index contributed by atoms with van der Waals surface area (Å²) in [4.78, 5) is 36.9. The lowest BCUT2D eigenvalue weighted by atomic mass is 9.85. The van der Waals surface area contributed by atoms with Crippen molar-refractivity contribution in [2.45, 2.75) is 31.7 Å². The van der Waals surface area contributed by atoms with Crippen LogP contribution in [-0.2, 0) is 4.79 Å². The number of amides is 3. The van der Waals surface area contributed by atoms with Crippen LogP contribution in [0.5, 0.6) is 0 Å². The number of hydrogen-bond acceptors (Lipinski definition) is 6. The Labute approximate surface area is 199 Å². The second-order valence-electron chi connectivity index (χ2n) is 8.84. The van der Waals surface area contributed by atoms with E-state index in [0.717, 1.165) is 31.5 Å². The van der Waals surface area contributed by atoms with Gasteiger partial charge in [-0.1, -0.05) is 6.42 Å². The fraction of sp³-hybridized carbons (Fsp3) is 0.435. The topological polar surface area (TPSA) is 94.0 Å². The van der Waals surface area contributed by atoms with Gasteiger partial charge in [0, 0.05) is 50.8 Å². The van der Waals surface area contributed by atoms with Crippen molar-refractivity contribution in [3.8, 4) is 0 Å². The fourth-order valence-electron chi connectivity index (χ4n) is 4.37. The Morgan fingerprint density at radius 3 is 2.37 bits per heavy atom. The van der Waals surface area contributed by atoms with Crippen LogP contribution in [0.4, 0.5) is 29.7 Å². The molecule has 1 atom stereocenters. The molecule has 1 aromatic carbocycles. The van der Waals surface area contributed by atoms with E-state index in [1.165, 1.54) is 17.1 Å². The monoisotopic (exact) mass is 487 g/mol. The highest BCUT2D eigenvalue weighted by molar-refractivity contribution is 5.92. The molecule has 1 aromatic heterocycles. The molecule has 0 radical (unpaired) electrons. The number of carbonyl (C=O) groups excluding carboxylic acids is 2. The lowest BCUT2D eigenvalue weighted by Gasteiger charge is -2.37. The predicted octanol–water partition coefficient (Wildman–Crippen LogP) is 3.31. The zero-order valence-corrected chi connectivity index (χ0v) is 18.8. The summed E-state index contributed by atoms with van der Waals surface area (Å²) in [6.07, 6.45) is 5.49. The lowest BCUT2D eigenvalue weighted by molar-refractivity contribution is -0.122. The highest BCUT2D eigenvalue weighted by Gasteiger charge is 2.34. The van der Waals surface area contributed by atoms with Gasteiger partial charge in [-0.15, -0.1) is 0 Å². The molecule has 1 N–H and O–H groups in total. The van der Waals surface area contributed by atoms with Gasteiger partial charge < -0.3 is 15.1 Å². The van der Waals surface area contributed by atoms with Crippen molar-refractivity contribution in [2.75, 3.05) is 36.4 Å². The van der Waals surface area contributed by atoms with Crippen LogP contribution < -0.4 is 10.2 Å². The summed E-state index contributed by atoms with van der Waals surface area (Å²) in [6.45, 7) is 1.40. The highest BCUT2D eigenvalue weighted by Crippen LogP contribution is 2.31. The molecule has 3 amide bonds. The van der Waals surface area contributed by atoms with Gasteiger partial charge in [0.2, 0.25) is 11.9 Å². The largest absolute Gasteiger partial charge is 0.341 e. The molecule has 184 valence electrons. The first kappa shape index (κ1) is 23.1. The molecule has 2 aliphatic heterocycles. The van der Waals surface area contributed by atoms with Crippen molar-refractivity contribution in [3.05, 3.63) is 47.4 Å². The summed E-state index contributed by atoms with van der Waals surface area (Å²) >= 11 is 0. The summed E-state index contributed by atoms with van der Waals surface area (Å²) in [5, 5.41) is 7.93. The summed E-state index contributed by atoms with van der Waals surface area (Å²) < 4.78 is 41.6. The normalized spacial score (nSPS) is 20.2. The lowest BCUT2D eigenvalue weighted by Crippen LogP contribution is -2.52. The number of rotatable bonds is 4. The summed E-state index contributed by atoms with van der Waals surface area (Å²) in [5.74, 6) is -2.37. The van der Waals surface area contributed by atoms with E-state index in [2.05, 4.69) is 20.4 Å². The number of halogens is 3. The third-order valence-corrected chi connectivity index (χ3v) is 6.58. The van der Waals surface area contributed by atoms with Gasteiger partial charge in [0.15, 0.2) is 11.6 Å². The zero-order chi connectivity index (χ0) is 24.5. The van der Waals surface area contributed by atoms with Crippen LogP contribution in [0.2, 0.25) is 0 Å². The van der Waals surface area contributed by atoms with E-state index in [9.17, 15) is 22.8 Å². The molecule has 3 aliphatic rings. The fourth-order valence-corrected chi connectivity index (χ4v) is 4.37. The number of aromatic nitrogens is 2. The van der Waals surface area contributed by atoms with Crippen LogP contribution in [0.25, 0.3) is 0 Å². The second kappa shape index (κ2) is 9.51. The first-order valence-corrected chi connectivity index (χ1v) is 11.5. The minimum Gasteiger partial charge on any atom is -0.337 e. The number of urea groups is 1. The summed E-state index contributed by atoms with van der Waals surface area (Å²) in [5.41, 5.74) is 0.336. The van der Waals surface area contributed by atoms with Crippen molar-refractivity contribution in [3.63, 3.8) is 0 Å². The third kappa shape index (κ3) is 4.77. The van der Waals surface area contributed by atoms with E-state index in [0.29, 0.717) is 38.2 Å². The second-order valence-corrected chi connectivity index (χ2v) is 8.84. The summed E-state index contributed by atoms with van der Waals surface area (Å²) in [7, 11) is 0. The third-order valence-electron chi connectivity index (χ3n) is 6.58. The average molecular weight is 487 g/mol. The number of benzene rings is 1. The van der Waals surface area contributed by atoms with Crippen LogP contribution in [0.3, 0.4) is 0 Å². The zero-order valence-electron chi connectivity index (χ0n) is 18.8. The summed E-state index contributed by atoms with van der Waals surface area (Å²) in [6, 6.07) is 2.23. The van der Waals surface area contributed by atoms with Crippen LogP contribution in [0.15, 0.2) is 29.5 Å². The Hall–Kier alpha value is -3.70. The number of nitrogens with one attached hydrogen (secondary N) is 1. The average Bonchev–Trinajstić information content (AvgIpc) is 3.28. The molecule has 2 aromatic rings. The first-order chi connectivity index (χ1) is 16.9. The molecule has 3 heterocycles. The quantitative estimate of drug-likeness (QED) is 0.714. The number of nitrogens with zero attached hydrogens (tertiary/aromatic N) is 6. The van der Waals surface area contributed by atoms with Gasteiger partial charge in [-0.3, -0.25) is 4.79 Å². The molecule has 0 spiro atoms. The highest BCUT2D eigenvalue weighted by atomic mass is 19.1. The number of anilines is 2. The SMILES string of the molecule is O=C(Nc1nc(N2CCN(C(=O)N3N=CC[C@H]3c3cc(F)cc(F)c3)CC2)ncc1F)C1CCC1. The number of piperazine rings is 1. The molecule has 0 unspecified atom stereocenters. The van der Waals surface area contributed by atoms with Gasteiger partial charge in [-0.2, -0.15) is 10.1 Å². The smallest absolute Gasteiger partial charge is 0.337 e. The number of hydrogen-bond donors (Lipinski definition) is 1. The Morgan fingerprint density at radius 1 is 1.00 bits per heavy atom. The minimum absolute atomic E-state index is 0.108. The molecule has 12 heteroatoms. The van der Waals surface area contributed by atoms with Gasteiger partial charge in [0.05, 0.1) is 12.2 Å². The van der Waals surface area contributed by atoms with Crippen LogP contribution in [0, 0.1) is 23.4 Å². The number of carbonyl (C=O) groups is 2. The maximum Gasteiger partial charge on any atom is 0.341 e. The molecule has 1 saturated heterocycles. The van der Waals surface area contributed by atoms with Crippen molar-refractivity contribution in [1.82, 2.24) is 19.9 Å². The standard InChI is InChI=1S/C23H24F3N7O2/c24-16-10-15(11-17(25)12-16)19-4-5-28-33(19)23(35)32-8-6-31(7-9-32)22-27-13-18(26)20(30-22)29-21(34)14-2-1-3-14/h5,10-14,19H,1-4,6-9H2,(H,27,29,30,34)/t19-/m0/s1. The van der Waals surface area contributed by atoms with Gasteiger partial charge in [-0.25, -0.2) is 28.0 Å². The van der Waals surface area contributed by atoms with Crippen LogP contribution in [-0.4, -0.2) is 64.2 Å². The Balaban J connectivity index is 1.22. The van der Waals surface area contributed by atoms with Crippen LogP contribution >= 0.6 is 0 Å². The van der Waals surface area contributed by atoms with E-state index in [1.807, 2.05) is 0 Å². The molecule has 2 fully saturated rings. The minimum atomic E-state index is -0.713. The van der Waals surface area contributed by atoms with Gasteiger partial charge in [0.1, 0.15) is 11.6 Å². The Kier molecular flexibility index (Phi) is 6.27. The van der Waals surface area contributed by atoms with Crippen molar-refractivity contribution < 1.29 is 22.8 Å². The van der Waals surface area contributed by atoms with Gasteiger partial charge in [0.25, 0.3) is 0 Å². The predicted molar refractivity (Wildman–Crippen MR) is 121 cm³/mol. The van der Waals surface area contributed by atoms with Crippen molar-refractivity contribution in [1.29, 1.82) is 0 Å². The molecule has 1 aliphatic carbocycles. The van der Waals surface area contributed by atoms with E-state index in [1.54, 1.807) is 16.0 Å². The molecule has 9 nitrogen and oxygen atoms in total. The Bertz CT molecular complexity index is 1150. The van der Waals surface area contributed by atoms with Crippen LogP contribution in [0.1, 0.15) is 37.3 Å². The molecule has 5 rings (SSSR count). The maximum absolute atomic E-state index is 14.2. The first-order valence-electron chi connectivity index (χ1n) is 11.5. The van der Waals surface area contributed by atoms with E-state index in [4.69, 9.17) is 0 Å². The molecule has 0 bridgehead atoms. The molecular formula is C23H24F3N7O2. The van der Waals surface area contributed by atoms with Gasteiger partial charge in [-0.05, 0) is 30.5 Å². The van der Waals surface area contributed by atoms with E-state index in [-0.39, 0.29) is 29.6 Å².